The molecule has 0 aliphatic heterocycles. The summed E-state index contributed by atoms with van der Waals surface area (Å²) in [5.74, 6) is -0.269. The molecular formula is C20H20N4O2. The summed E-state index contributed by atoms with van der Waals surface area (Å²) < 4.78 is 1.28. The summed E-state index contributed by atoms with van der Waals surface area (Å²) in [5, 5.41) is 3.03. The van der Waals surface area contributed by atoms with Crippen LogP contribution in [-0.4, -0.2) is 20.4 Å². The molecule has 1 aromatic carbocycles. The zero-order valence-corrected chi connectivity index (χ0v) is 14.7. The van der Waals surface area contributed by atoms with Gasteiger partial charge in [0.15, 0.2) is 0 Å². The fourth-order valence-electron chi connectivity index (χ4n) is 2.83. The molecule has 26 heavy (non-hydrogen) atoms. The highest BCUT2D eigenvalue weighted by Crippen LogP contribution is 2.25. The number of aromatic nitrogens is 3. The summed E-state index contributed by atoms with van der Waals surface area (Å²) >= 11 is 0. The first kappa shape index (κ1) is 17.5. The van der Waals surface area contributed by atoms with Gasteiger partial charge in [0, 0.05) is 24.8 Å². The zero-order chi connectivity index (χ0) is 18.5. The molecule has 1 amide bonds. The maximum Gasteiger partial charge on any atom is 0.347 e. The third-order valence-corrected chi connectivity index (χ3v) is 4.17. The molecule has 0 saturated heterocycles. The number of nitrogens with zero attached hydrogens (tertiary/aromatic N) is 3. The van der Waals surface area contributed by atoms with Crippen molar-refractivity contribution >= 4 is 5.91 Å². The van der Waals surface area contributed by atoms with Crippen molar-refractivity contribution < 1.29 is 4.79 Å². The Bertz CT molecular complexity index is 967. The van der Waals surface area contributed by atoms with Crippen molar-refractivity contribution in [3.8, 4) is 0 Å². The number of aryl methyl sites for hydroxylation is 2. The minimum Gasteiger partial charge on any atom is -0.344 e. The predicted octanol–water partition coefficient (Wildman–Crippen LogP) is 2.16. The Morgan fingerprint density at radius 3 is 2.77 bits per heavy atom. The molecule has 2 aromatic heterocycles. The molecule has 2 heterocycles. The van der Waals surface area contributed by atoms with E-state index in [0.29, 0.717) is 0 Å². The van der Waals surface area contributed by atoms with E-state index >= 15 is 0 Å². The summed E-state index contributed by atoms with van der Waals surface area (Å²) in [7, 11) is 0. The second-order valence-corrected chi connectivity index (χ2v) is 6.18. The smallest absolute Gasteiger partial charge is 0.344 e. The summed E-state index contributed by atoms with van der Waals surface area (Å²) in [5.41, 5.74) is 3.62. The lowest BCUT2D eigenvalue weighted by Crippen LogP contribution is -2.35. The summed E-state index contributed by atoms with van der Waals surface area (Å²) in [4.78, 5) is 32.2. The van der Waals surface area contributed by atoms with Gasteiger partial charge < -0.3 is 5.32 Å². The van der Waals surface area contributed by atoms with Crippen LogP contribution in [0.25, 0.3) is 0 Å². The van der Waals surface area contributed by atoms with Crippen LogP contribution in [0.15, 0.2) is 66.0 Å². The highest BCUT2D eigenvalue weighted by atomic mass is 16.2. The van der Waals surface area contributed by atoms with Crippen molar-refractivity contribution in [2.75, 3.05) is 0 Å². The van der Waals surface area contributed by atoms with Gasteiger partial charge in [0.05, 0.1) is 6.04 Å². The average Bonchev–Trinajstić information content (AvgIpc) is 2.64. The van der Waals surface area contributed by atoms with Crippen molar-refractivity contribution in [2.45, 2.75) is 26.4 Å². The largest absolute Gasteiger partial charge is 0.347 e. The Kier molecular flexibility index (Phi) is 5.22. The van der Waals surface area contributed by atoms with E-state index in [1.165, 1.54) is 10.8 Å². The Balaban J connectivity index is 1.92. The van der Waals surface area contributed by atoms with Crippen molar-refractivity contribution in [3.63, 3.8) is 0 Å². The average molecular weight is 348 g/mol. The number of hydrogen-bond acceptors (Lipinski definition) is 4. The summed E-state index contributed by atoms with van der Waals surface area (Å²) in [6.45, 7) is 3.93. The van der Waals surface area contributed by atoms with Gasteiger partial charge in [-0.05, 0) is 42.7 Å². The lowest BCUT2D eigenvalue weighted by atomic mass is 9.94. The Morgan fingerprint density at radius 1 is 1.19 bits per heavy atom. The minimum atomic E-state index is -0.452. The monoisotopic (exact) mass is 348 g/mol. The standard InChI is InChI=1S/C20H20N4O2/c1-14-6-7-15(2)17(11-14)19(16-5-3-8-21-12-16)23-18(25)13-24-10-4-9-22-20(24)26/h3-12,19H,13H2,1-2H3,(H,23,25). The maximum atomic E-state index is 12.6. The van der Waals surface area contributed by atoms with Crippen molar-refractivity contribution in [1.82, 2.24) is 19.9 Å². The van der Waals surface area contributed by atoms with Crippen LogP contribution >= 0.6 is 0 Å². The molecule has 6 nitrogen and oxygen atoms in total. The van der Waals surface area contributed by atoms with Gasteiger partial charge in [-0.2, -0.15) is 0 Å². The molecule has 1 N–H and O–H groups in total. The molecule has 3 aromatic rings. The van der Waals surface area contributed by atoms with Crippen LogP contribution in [0.5, 0.6) is 0 Å². The normalized spacial score (nSPS) is 11.8. The van der Waals surface area contributed by atoms with Gasteiger partial charge in [0.2, 0.25) is 5.91 Å². The maximum absolute atomic E-state index is 12.6. The van der Waals surface area contributed by atoms with Crippen LogP contribution in [0.2, 0.25) is 0 Å². The van der Waals surface area contributed by atoms with E-state index in [4.69, 9.17) is 0 Å². The van der Waals surface area contributed by atoms with Gasteiger partial charge in [-0.15, -0.1) is 0 Å². The van der Waals surface area contributed by atoms with E-state index in [1.54, 1.807) is 24.7 Å². The summed E-state index contributed by atoms with van der Waals surface area (Å²) in [6, 6.07) is 11.2. The van der Waals surface area contributed by atoms with Crippen LogP contribution < -0.4 is 11.0 Å². The van der Waals surface area contributed by atoms with Crippen LogP contribution in [-0.2, 0) is 11.3 Å². The number of hydrogen-bond donors (Lipinski definition) is 1. The molecular weight excluding hydrogens is 328 g/mol. The van der Waals surface area contributed by atoms with Gasteiger partial charge >= 0.3 is 5.69 Å². The number of nitrogens with one attached hydrogen (secondary N) is 1. The molecule has 132 valence electrons. The van der Waals surface area contributed by atoms with E-state index < -0.39 is 5.69 Å². The first-order valence-corrected chi connectivity index (χ1v) is 8.32. The van der Waals surface area contributed by atoms with Gasteiger partial charge in [0.25, 0.3) is 0 Å². The molecule has 0 radical (unpaired) electrons. The number of rotatable bonds is 5. The van der Waals surface area contributed by atoms with Gasteiger partial charge in [-0.1, -0.05) is 29.8 Å². The van der Waals surface area contributed by atoms with Crippen molar-refractivity contribution in [3.05, 3.63) is 93.9 Å². The third-order valence-electron chi connectivity index (χ3n) is 4.17. The van der Waals surface area contributed by atoms with Crippen molar-refractivity contribution in [1.29, 1.82) is 0 Å². The fraction of sp³-hybridized carbons (Fsp3) is 0.200. The number of carbonyl (C=O) groups excluding carboxylic acids is 1. The first-order chi connectivity index (χ1) is 12.5. The number of carbonyl (C=O) groups is 1. The zero-order valence-electron chi connectivity index (χ0n) is 14.7. The molecule has 0 aliphatic rings. The lowest BCUT2D eigenvalue weighted by Gasteiger charge is -2.22. The highest BCUT2D eigenvalue weighted by molar-refractivity contribution is 5.77. The van der Waals surface area contributed by atoms with E-state index in [9.17, 15) is 9.59 Å². The SMILES string of the molecule is Cc1ccc(C)c(C(NC(=O)Cn2cccnc2=O)c2cccnc2)c1. The highest BCUT2D eigenvalue weighted by Gasteiger charge is 2.19. The minimum absolute atomic E-state index is 0.0890. The molecule has 6 heteroatoms. The van der Waals surface area contributed by atoms with E-state index in [2.05, 4.69) is 21.4 Å². The van der Waals surface area contributed by atoms with E-state index in [-0.39, 0.29) is 18.5 Å². The first-order valence-electron chi connectivity index (χ1n) is 8.32. The molecule has 1 atom stereocenters. The van der Waals surface area contributed by atoms with Crippen LogP contribution in [0.4, 0.5) is 0 Å². The molecule has 3 rings (SSSR count). The van der Waals surface area contributed by atoms with Crippen LogP contribution in [0.1, 0.15) is 28.3 Å². The van der Waals surface area contributed by atoms with Crippen molar-refractivity contribution in [2.24, 2.45) is 0 Å². The van der Waals surface area contributed by atoms with Gasteiger partial charge in [0.1, 0.15) is 6.54 Å². The predicted molar refractivity (Wildman–Crippen MR) is 98.6 cm³/mol. The third kappa shape index (κ3) is 4.03. The fourth-order valence-corrected chi connectivity index (χ4v) is 2.83. The number of pyridine rings is 1. The second-order valence-electron chi connectivity index (χ2n) is 6.18. The topological polar surface area (TPSA) is 76.9 Å². The molecule has 0 fully saturated rings. The second kappa shape index (κ2) is 7.74. The van der Waals surface area contributed by atoms with Crippen LogP contribution in [0.3, 0.4) is 0 Å². The van der Waals surface area contributed by atoms with E-state index in [0.717, 1.165) is 22.3 Å². The molecule has 1 unspecified atom stereocenters. The quantitative estimate of drug-likeness (QED) is 0.766. The number of benzene rings is 1. The Labute approximate surface area is 151 Å². The molecule has 0 spiro atoms. The number of amides is 1. The van der Waals surface area contributed by atoms with Gasteiger partial charge in [-0.25, -0.2) is 9.78 Å². The Morgan fingerprint density at radius 2 is 2.04 bits per heavy atom. The molecule has 0 saturated carbocycles. The lowest BCUT2D eigenvalue weighted by molar-refractivity contribution is -0.122. The Hall–Kier alpha value is -3.28. The molecule has 0 bridgehead atoms. The summed E-state index contributed by atoms with van der Waals surface area (Å²) in [6.07, 6.45) is 6.39. The van der Waals surface area contributed by atoms with Crippen LogP contribution in [0, 0.1) is 13.8 Å². The van der Waals surface area contributed by atoms with Gasteiger partial charge in [-0.3, -0.25) is 14.3 Å². The van der Waals surface area contributed by atoms with E-state index in [1.807, 2.05) is 38.1 Å². The molecule has 0 aliphatic carbocycles.